The van der Waals surface area contributed by atoms with E-state index in [4.69, 9.17) is 0 Å². The Hall–Kier alpha value is -1.45. The van der Waals surface area contributed by atoms with Crippen molar-refractivity contribution in [2.75, 3.05) is 11.9 Å². The molecule has 1 heterocycles. The molecular formula is C9H11N3O. The number of carbonyl (C=O) groups excluding carboxylic acids is 1. The molecule has 4 heteroatoms. The summed E-state index contributed by atoms with van der Waals surface area (Å²) in [6, 6.07) is 0.599. The average Bonchev–Trinajstić information content (AvgIpc) is 3.00. The topological polar surface area (TPSA) is 46.1 Å². The Morgan fingerprint density at radius 2 is 2.08 bits per heavy atom. The maximum atomic E-state index is 10.3. The highest BCUT2D eigenvalue weighted by Gasteiger charge is 2.27. The molecule has 1 aliphatic rings. The van der Waals surface area contributed by atoms with Gasteiger partial charge in [-0.3, -0.25) is 4.79 Å². The molecule has 1 aliphatic carbocycles. The highest BCUT2D eigenvalue weighted by Crippen LogP contribution is 2.27. The predicted molar refractivity (Wildman–Crippen MR) is 48.8 cm³/mol. The van der Waals surface area contributed by atoms with Crippen molar-refractivity contribution in [3.05, 3.63) is 18.0 Å². The van der Waals surface area contributed by atoms with E-state index in [2.05, 4.69) is 14.9 Å². The number of anilines is 1. The molecule has 0 aliphatic heterocycles. The van der Waals surface area contributed by atoms with Gasteiger partial charge in [0.15, 0.2) is 6.29 Å². The smallest absolute Gasteiger partial charge is 0.225 e. The third kappa shape index (κ3) is 1.66. The summed E-state index contributed by atoms with van der Waals surface area (Å²) in [5, 5.41) is 0. The summed E-state index contributed by atoms with van der Waals surface area (Å²) in [7, 11) is 1.98. The van der Waals surface area contributed by atoms with Crippen LogP contribution >= 0.6 is 0 Å². The third-order valence-electron chi connectivity index (χ3n) is 2.20. The van der Waals surface area contributed by atoms with Gasteiger partial charge in [0.05, 0.1) is 5.56 Å². The Labute approximate surface area is 76.6 Å². The van der Waals surface area contributed by atoms with Crippen LogP contribution in [0.2, 0.25) is 0 Å². The second kappa shape index (κ2) is 3.12. The summed E-state index contributed by atoms with van der Waals surface area (Å²) in [4.78, 5) is 20.6. The van der Waals surface area contributed by atoms with Crippen molar-refractivity contribution in [2.24, 2.45) is 0 Å². The summed E-state index contributed by atoms with van der Waals surface area (Å²) in [6.45, 7) is 0. The van der Waals surface area contributed by atoms with Crippen molar-refractivity contribution < 1.29 is 4.79 Å². The van der Waals surface area contributed by atoms with Crippen LogP contribution < -0.4 is 4.90 Å². The van der Waals surface area contributed by atoms with Crippen LogP contribution in [0.25, 0.3) is 0 Å². The second-order valence-corrected chi connectivity index (χ2v) is 3.28. The Morgan fingerprint density at radius 3 is 2.54 bits per heavy atom. The van der Waals surface area contributed by atoms with Crippen molar-refractivity contribution >= 4 is 12.2 Å². The molecule has 0 unspecified atom stereocenters. The van der Waals surface area contributed by atoms with Crippen LogP contribution in [0.3, 0.4) is 0 Å². The molecule has 0 amide bonds. The first-order valence-electron chi connectivity index (χ1n) is 4.31. The van der Waals surface area contributed by atoms with Gasteiger partial charge in [-0.2, -0.15) is 0 Å². The van der Waals surface area contributed by atoms with Gasteiger partial charge >= 0.3 is 0 Å². The average molecular weight is 177 g/mol. The van der Waals surface area contributed by atoms with E-state index in [-0.39, 0.29) is 0 Å². The van der Waals surface area contributed by atoms with Crippen LogP contribution in [-0.4, -0.2) is 29.3 Å². The molecule has 0 aromatic carbocycles. The Bertz CT molecular complexity index is 305. The van der Waals surface area contributed by atoms with E-state index >= 15 is 0 Å². The molecule has 0 N–H and O–H groups in total. The lowest BCUT2D eigenvalue weighted by molar-refractivity contribution is 0.112. The summed E-state index contributed by atoms with van der Waals surface area (Å²) < 4.78 is 0. The first-order chi connectivity index (χ1) is 6.31. The fourth-order valence-corrected chi connectivity index (χ4v) is 1.20. The Kier molecular flexibility index (Phi) is 1.96. The molecular weight excluding hydrogens is 166 g/mol. The lowest BCUT2D eigenvalue weighted by Crippen LogP contribution is -2.21. The van der Waals surface area contributed by atoms with Crippen molar-refractivity contribution in [1.82, 2.24) is 9.97 Å². The van der Waals surface area contributed by atoms with E-state index in [0.717, 1.165) is 6.29 Å². The number of hydrogen-bond acceptors (Lipinski definition) is 4. The fraction of sp³-hybridized carbons (Fsp3) is 0.444. The zero-order valence-corrected chi connectivity index (χ0v) is 7.47. The summed E-state index contributed by atoms with van der Waals surface area (Å²) in [6.07, 6.45) is 6.29. The van der Waals surface area contributed by atoms with Gasteiger partial charge < -0.3 is 4.90 Å². The standard InChI is InChI=1S/C9H11N3O/c1-12(8-2-3-8)9-10-4-7(6-13)5-11-9/h4-6,8H,2-3H2,1H3. The number of aldehydes is 1. The first kappa shape index (κ1) is 8.16. The van der Waals surface area contributed by atoms with Gasteiger partial charge in [-0.05, 0) is 12.8 Å². The number of nitrogens with zero attached hydrogens (tertiary/aromatic N) is 3. The van der Waals surface area contributed by atoms with E-state index in [9.17, 15) is 4.79 Å². The highest BCUT2D eigenvalue weighted by atomic mass is 16.1. The van der Waals surface area contributed by atoms with Crippen LogP contribution in [-0.2, 0) is 0 Å². The molecule has 1 saturated carbocycles. The molecule has 1 aromatic rings. The van der Waals surface area contributed by atoms with Gasteiger partial charge in [0.25, 0.3) is 0 Å². The molecule has 2 rings (SSSR count). The minimum Gasteiger partial charge on any atom is -0.341 e. The molecule has 0 spiro atoms. The van der Waals surface area contributed by atoms with Crippen molar-refractivity contribution in [2.45, 2.75) is 18.9 Å². The van der Waals surface area contributed by atoms with Gasteiger partial charge in [0.1, 0.15) is 0 Å². The van der Waals surface area contributed by atoms with Gasteiger partial charge in [0, 0.05) is 25.5 Å². The summed E-state index contributed by atoms with van der Waals surface area (Å²) >= 11 is 0. The van der Waals surface area contributed by atoms with Crippen LogP contribution in [0.1, 0.15) is 23.2 Å². The van der Waals surface area contributed by atoms with Crippen LogP contribution in [0.5, 0.6) is 0 Å². The maximum absolute atomic E-state index is 10.3. The Balaban J connectivity index is 2.16. The minimum absolute atomic E-state index is 0.521. The van der Waals surface area contributed by atoms with Crippen molar-refractivity contribution in [3.8, 4) is 0 Å². The summed E-state index contributed by atoms with van der Waals surface area (Å²) in [5.41, 5.74) is 0.521. The van der Waals surface area contributed by atoms with Crippen molar-refractivity contribution in [3.63, 3.8) is 0 Å². The van der Waals surface area contributed by atoms with Gasteiger partial charge in [0.2, 0.25) is 5.95 Å². The van der Waals surface area contributed by atoms with Crippen LogP contribution in [0, 0.1) is 0 Å². The van der Waals surface area contributed by atoms with E-state index in [0.29, 0.717) is 17.6 Å². The molecule has 0 atom stereocenters. The molecule has 1 fully saturated rings. The minimum atomic E-state index is 0.521. The van der Waals surface area contributed by atoms with Gasteiger partial charge in [-0.1, -0.05) is 0 Å². The van der Waals surface area contributed by atoms with E-state index in [1.165, 1.54) is 12.8 Å². The molecule has 0 bridgehead atoms. The first-order valence-corrected chi connectivity index (χ1v) is 4.31. The Morgan fingerprint density at radius 1 is 1.46 bits per heavy atom. The van der Waals surface area contributed by atoms with Crippen LogP contribution in [0.15, 0.2) is 12.4 Å². The third-order valence-corrected chi connectivity index (χ3v) is 2.20. The molecule has 0 saturated heterocycles. The highest BCUT2D eigenvalue weighted by molar-refractivity contribution is 5.73. The lowest BCUT2D eigenvalue weighted by atomic mass is 10.4. The van der Waals surface area contributed by atoms with Gasteiger partial charge in [-0.15, -0.1) is 0 Å². The molecule has 4 nitrogen and oxygen atoms in total. The maximum Gasteiger partial charge on any atom is 0.225 e. The SMILES string of the molecule is CN(c1ncc(C=O)cn1)C1CC1. The monoisotopic (exact) mass is 177 g/mol. The second-order valence-electron chi connectivity index (χ2n) is 3.28. The van der Waals surface area contributed by atoms with Gasteiger partial charge in [-0.25, -0.2) is 9.97 Å². The van der Waals surface area contributed by atoms with E-state index in [1.807, 2.05) is 7.05 Å². The normalized spacial score (nSPS) is 15.5. The molecule has 13 heavy (non-hydrogen) atoms. The molecule has 68 valence electrons. The van der Waals surface area contributed by atoms with Crippen LogP contribution in [0.4, 0.5) is 5.95 Å². The largest absolute Gasteiger partial charge is 0.341 e. The van der Waals surface area contributed by atoms with Crippen molar-refractivity contribution in [1.29, 1.82) is 0 Å². The zero-order valence-electron chi connectivity index (χ0n) is 7.47. The molecule has 1 aromatic heterocycles. The number of hydrogen-bond donors (Lipinski definition) is 0. The quantitative estimate of drug-likeness (QED) is 0.643. The lowest BCUT2D eigenvalue weighted by Gasteiger charge is -2.14. The zero-order chi connectivity index (χ0) is 9.26. The fourth-order valence-electron chi connectivity index (χ4n) is 1.20. The van der Waals surface area contributed by atoms with E-state index < -0.39 is 0 Å². The predicted octanol–water partition coefficient (Wildman–Crippen LogP) is 0.888. The van der Waals surface area contributed by atoms with E-state index in [1.54, 1.807) is 12.4 Å². The number of rotatable bonds is 3. The number of carbonyl (C=O) groups is 1. The number of aromatic nitrogens is 2. The summed E-state index contributed by atoms with van der Waals surface area (Å²) in [5.74, 6) is 0.702. The molecule has 0 radical (unpaired) electrons.